The van der Waals surface area contributed by atoms with Gasteiger partial charge in [0.25, 0.3) is 5.91 Å². The number of aryl methyl sites for hydroxylation is 1. The third-order valence-corrected chi connectivity index (χ3v) is 5.67. The standard InChI is InChI=1S/C21H20N2O3S/c1-14-19(22-20(26-14)15-8-10-16(25-2)11-9-15)21(24)23-12-5-13-27-18-7-4-3-6-17(18)23/h3-4,6-11H,5,12-13H2,1-2H3. The second kappa shape index (κ2) is 7.48. The molecule has 0 aliphatic carbocycles. The van der Waals surface area contributed by atoms with Crippen molar-refractivity contribution in [1.29, 1.82) is 0 Å². The third kappa shape index (κ3) is 3.45. The van der Waals surface area contributed by atoms with Crippen LogP contribution in [0.4, 0.5) is 5.69 Å². The zero-order chi connectivity index (χ0) is 18.8. The van der Waals surface area contributed by atoms with Gasteiger partial charge in [0.1, 0.15) is 11.5 Å². The molecule has 27 heavy (non-hydrogen) atoms. The van der Waals surface area contributed by atoms with Crippen LogP contribution in [0.25, 0.3) is 11.5 Å². The fraction of sp³-hybridized carbons (Fsp3) is 0.238. The summed E-state index contributed by atoms with van der Waals surface area (Å²) in [4.78, 5) is 20.7. The first kappa shape index (κ1) is 17.7. The van der Waals surface area contributed by atoms with Crippen molar-refractivity contribution in [1.82, 2.24) is 4.98 Å². The Morgan fingerprint density at radius 3 is 2.74 bits per heavy atom. The van der Waals surface area contributed by atoms with Crippen molar-refractivity contribution in [2.45, 2.75) is 18.2 Å². The van der Waals surface area contributed by atoms with Crippen molar-refractivity contribution >= 4 is 23.4 Å². The highest BCUT2D eigenvalue weighted by atomic mass is 32.2. The number of carbonyl (C=O) groups excluding carboxylic acids is 1. The zero-order valence-electron chi connectivity index (χ0n) is 15.3. The Morgan fingerprint density at radius 2 is 1.96 bits per heavy atom. The molecule has 1 aliphatic heterocycles. The first-order valence-electron chi connectivity index (χ1n) is 8.83. The van der Waals surface area contributed by atoms with E-state index in [-0.39, 0.29) is 5.91 Å². The van der Waals surface area contributed by atoms with Crippen LogP contribution >= 0.6 is 11.8 Å². The molecule has 0 spiro atoms. The molecule has 3 aromatic rings. The molecule has 0 N–H and O–H groups in total. The molecule has 0 fully saturated rings. The van der Waals surface area contributed by atoms with Gasteiger partial charge in [-0.2, -0.15) is 0 Å². The molecular weight excluding hydrogens is 360 g/mol. The lowest BCUT2D eigenvalue weighted by atomic mass is 10.2. The molecule has 0 bridgehead atoms. The summed E-state index contributed by atoms with van der Waals surface area (Å²) in [6.45, 7) is 2.46. The molecular formula is C21H20N2O3S. The Labute approximate surface area is 162 Å². The number of nitrogens with zero attached hydrogens (tertiary/aromatic N) is 2. The fourth-order valence-electron chi connectivity index (χ4n) is 3.12. The van der Waals surface area contributed by atoms with E-state index >= 15 is 0 Å². The number of methoxy groups -OCH3 is 1. The van der Waals surface area contributed by atoms with E-state index in [0.29, 0.717) is 23.9 Å². The largest absolute Gasteiger partial charge is 0.497 e. The number of hydrogen-bond acceptors (Lipinski definition) is 5. The number of benzene rings is 2. The van der Waals surface area contributed by atoms with Gasteiger partial charge in [0.15, 0.2) is 5.69 Å². The molecule has 5 nitrogen and oxygen atoms in total. The Hall–Kier alpha value is -2.73. The van der Waals surface area contributed by atoms with Gasteiger partial charge in [-0.3, -0.25) is 4.79 Å². The molecule has 1 aromatic heterocycles. The molecule has 1 amide bonds. The van der Waals surface area contributed by atoms with E-state index in [1.165, 1.54) is 0 Å². The van der Waals surface area contributed by atoms with E-state index in [1.54, 1.807) is 25.8 Å². The predicted octanol–water partition coefficient (Wildman–Crippen LogP) is 4.80. The van der Waals surface area contributed by atoms with Gasteiger partial charge in [-0.15, -0.1) is 11.8 Å². The van der Waals surface area contributed by atoms with E-state index in [2.05, 4.69) is 11.1 Å². The molecule has 4 rings (SSSR count). The van der Waals surface area contributed by atoms with Crippen molar-refractivity contribution in [2.75, 3.05) is 24.3 Å². The monoisotopic (exact) mass is 380 g/mol. The molecule has 2 aromatic carbocycles. The second-order valence-electron chi connectivity index (χ2n) is 6.28. The molecule has 0 unspecified atom stereocenters. The topological polar surface area (TPSA) is 55.6 Å². The molecule has 1 aliphatic rings. The SMILES string of the molecule is COc1ccc(-c2nc(C(=O)N3CCCSc4ccccc43)c(C)o2)cc1. The quantitative estimate of drug-likeness (QED) is 0.653. The molecule has 0 radical (unpaired) electrons. The number of hydrogen-bond donors (Lipinski definition) is 0. The van der Waals surface area contributed by atoms with Crippen molar-refractivity contribution in [3.8, 4) is 17.2 Å². The van der Waals surface area contributed by atoms with Crippen LogP contribution in [0, 0.1) is 6.92 Å². The van der Waals surface area contributed by atoms with Gasteiger partial charge in [-0.25, -0.2) is 4.98 Å². The van der Waals surface area contributed by atoms with E-state index in [9.17, 15) is 4.79 Å². The number of thioether (sulfide) groups is 1. The minimum atomic E-state index is -0.119. The van der Waals surface area contributed by atoms with Crippen molar-refractivity contribution in [2.24, 2.45) is 0 Å². The van der Waals surface area contributed by atoms with Crippen LogP contribution in [-0.4, -0.2) is 30.3 Å². The number of oxazole rings is 1. The van der Waals surface area contributed by atoms with E-state index in [0.717, 1.165) is 34.1 Å². The summed E-state index contributed by atoms with van der Waals surface area (Å²) in [5, 5.41) is 0. The molecule has 0 saturated carbocycles. The van der Waals surface area contributed by atoms with Crippen LogP contribution in [0.1, 0.15) is 22.7 Å². The smallest absolute Gasteiger partial charge is 0.280 e. The predicted molar refractivity (Wildman–Crippen MR) is 107 cm³/mol. The van der Waals surface area contributed by atoms with Gasteiger partial charge < -0.3 is 14.1 Å². The number of amides is 1. The Kier molecular flexibility index (Phi) is 4.90. The average molecular weight is 380 g/mol. The van der Waals surface area contributed by atoms with Crippen molar-refractivity contribution in [3.05, 3.63) is 60.0 Å². The van der Waals surface area contributed by atoms with Gasteiger partial charge in [0.2, 0.25) is 5.89 Å². The average Bonchev–Trinajstić information content (AvgIpc) is 2.96. The van der Waals surface area contributed by atoms with E-state index in [4.69, 9.17) is 9.15 Å². The lowest BCUT2D eigenvalue weighted by Crippen LogP contribution is -2.32. The molecule has 0 atom stereocenters. The maximum atomic E-state index is 13.3. The Balaban J connectivity index is 1.67. The highest BCUT2D eigenvalue weighted by molar-refractivity contribution is 7.99. The van der Waals surface area contributed by atoms with Crippen LogP contribution in [-0.2, 0) is 0 Å². The first-order chi connectivity index (χ1) is 13.2. The maximum absolute atomic E-state index is 13.3. The Morgan fingerprint density at radius 1 is 1.19 bits per heavy atom. The normalized spacial score (nSPS) is 13.8. The number of ether oxygens (including phenoxy) is 1. The van der Waals surface area contributed by atoms with Crippen LogP contribution in [0.2, 0.25) is 0 Å². The summed E-state index contributed by atoms with van der Waals surface area (Å²) in [6.07, 6.45) is 0.938. The number of anilines is 1. The number of aromatic nitrogens is 1. The molecule has 138 valence electrons. The number of para-hydroxylation sites is 1. The van der Waals surface area contributed by atoms with Crippen molar-refractivity contribution in [3.63, 3.8) is 0 Å². The van der Waals surface area contributed by atoms with Crippen LogP contribution in [0.3, 0.4) is 0 Å². The summed E-state index contributed by atoms with van der Waals surface area (Å²) >= 11 is 1.79. The lowest BCUT2D eigenvalue weighted by molar-refractivity contribution is 0.0981. The molecule has 6 heteroatoms. The summed E-state index contributed by atoms with van der Waals surface area (Å²) in [7, 11) is 1.62. The minimum absolute atomic E-state index is 0.119. The lowest BCUT2D eigenvalue weighted by Gasteiger charge is -2.21. The summed E-state index contributed by atoms with van der Waals surface area (Å²) in [6, 6.07) is 15.4. The second-order valence-corrected chi connectivity index (χ2v) is 7.42. The van der Waals surface area contributed by atoms with Crippen LogP contribution < -0.4 is 9.64 Å². The van der Waals surface area contributed by atoms with Gasteiger partial charge in [-0.05, 0) is 55.5 Å². The summed E-state index contributed by atoms with van der Waals surface area (Å²) in [5.74, 6) is 2.61. The summed E-state index contributed by atoms with van der Waals surface area (Å²) < 4.78 is 11.0. The highest BCUT2D eigenvalue weighted by Crippen LogP contribution is 2.35. The molecule has 2 heterocycles. The van der Waals surface area contributed by atoms with Crippen LogP contribution in [0.5, 0.6) is 5.75 Å². The van der Waals surface area contributed by atoms with E-state index in [1.807, 2.05) is 47.4 Å². The number of carbonyl (C=O) groups is 1. The maximum Gasteiger partial charge on any atom is 0.280 e. The van der Waals surface area contributed by atoms with Crippen LogP contribution in [0.15, 0.2) is 57.8 Å². The number of fused-ring (bicyclic) bond motifs is 1. The van der Waals surface area contributed by atoms with E-state index < -0.39 is 0 Å². The zero-order valence-corrected chi connectivity index (χ0v) is 16.1. The fourth-order valence-corrected chi connectivity index (χ4v) is 4.11. The minimum Gasteiger partial charge on any atom is -0.497 e. The first-order valence-corrected chi connectivity index (χ1v) is 9.81. The van der Waals surface area contributed by atoms with Gasteiger partial charge >= 0.3 is 0 Å². The Bertz CT molecular complexity index is 966. The summed E-state index contributed by atoms with van der Waals surface area (Å²) in [5.41, 5.74) is 2.12. The van der Waals surface area contributed by atoms with Gasteiger partial charge in [0, 0.05) is 17.0 Å². The van der Waals surface area contributed by atoms with Crippen molar-refractivity contribution < 1.29 is 13.9 Å². The van der Waals surface area contributed by atoms with Gasteiger partial charge in [0.05, 0.1) is 12.8 Å². The number of rotatable bonds is 3. The third-order valence-electron chi connectivity index (χ3n) is 4.52. The molecule has 0 saturated heterocycles. The van der Waals surface area contributed by atoms with Gasteiger partial charge in [-0.1, -0.05) is 12.1 Å². The highest BCUT2D eigenvalue weighted by Gasteiger charge is 2.27.